The number of carbonyl (C=O) groups excluding carboxylic acids is 1. The molecule has 0 saturated carbocycles. The zero-order valence-electron chi connectivity index (χ0n) is 13.5. The highest BCUT2D eigenvalue weighted by Crippen LogP contribution is 2.19. The van der Waals surface area contributed by atoms with Crippen molar-refractivity contribution < 1.29 is 19.1 Å². The maximum absolute atomic E-state index is 14.0. The first-order valence-corrected chi connectivity index (χ1v) is 7.62. The van der Waals surface area contributed by atoms with Crippen LogP contribution in [0, 0.1) is 5.82 Å². The van der Waals surface area contributed by atoms with Crippen molar-refractivity contribution >= 4 is 11.9 Å². The number of nitrogens with one attached hydrogen (secondary N) is 1. The third-order valence-electron chi connectivity index (χ3n) is 3.29. The lowest BCUT2D eigenvalue weighted by atomic mass is 10.2. The summed E-state index contributed by atoms with van der Waals surface area (Å²) in [6.45, 7) is 3.95. The Bertz CT molecular complexity index is 743. The first-order valence-electron chi connectivity index (χ1n) is 7.62. The van der Waals surface area contributed by atoms with Gasteiger partial charge in [-0.3, -0.25) is 9.59 Å². The smallest absolute Gasteiger partial charge is 0.303 e. The average molecular weight is 334 g/mol. The van der Waals surface area contributed by atoms with Gasteiger partial charge in [0, 0.05) is 18.9 Å². The van der Waals surface area contributed by atoms with Crippen LogP contribution in [0.1, 0.15) is 49.1 Å². The van der Waals surface area contributed by atoms with Crippen LogP contribution in [0.3, 0.4) is 0 Å². The molecule has 0 atom stereocenters. The van der Waals surface area contributed by atoms with Gasteiger partial charge in [0.15, 0.2) is 0 Å². The zero-order chi connectivity index (χ0) is 17.7. The fourth-order valence-electron chi connectivity index (χ4n) is 2.12. The van der Waals surface area contributed by atoms with Crippen molar-refractivity contribution in [1.29, 1.82) is 0 Å². The van der Waals surface area contributed by atoms with Crippen LogP contribution in [0.4, 0.5) is 4.39 Å². The number of amides is 1. The van der Waals surface area contributed by atoms with Gasteiger partial charge in [-0.15, -0.1) is 5.10 Å². The van der Waals surface area contributed by atoms with E-state index in [-0.39, 0.29) is 30.4 Å². The lowest BCUT2D eigenvalue weighted by Crippen LogP contribution is -2.26. The molecule has 7 nitrogen and oxygen atoms in total. The van der Waals surface area contributed by atoms with Gasteiger partial charge in [-0.1, -0.05) is 26.0 Å². The van der Waals surface area contributed by atoms with Crippen molar-refractivity contribution in [2.24, 2.45) is 0 Å². The van der Waals surface area contributed by atoms with Gasteiger partial charge in [-0.2, -0.15) is 0 Å². The summed E-state index contributed by atoms with van der Waals surface area (Å²) in [5.74, 6) is -1.57. The van der Waals surface area contributed by atoms with E-state index in [1.807, 2.05) is 13.8 Å². The molecule has 8 heteroatoms. The first kappa shape index (κ1) is 17.6. The number of nitrogens with zero attached hydrogens (tertiary/aromatic N) is 3. The highest BCUT2D eigenvalue weighted by atomic mass is 19.1. The molecule has 0 unspecified atom stereocenters. The summed E-state index contributed by atoms with van der Waals surface area (Å²) < 4.78 is 15.3. The number of carboxylic acids is 1. The topological polar surface area (TPSA) is 97.1 Å². The van der Waals surface area contributed by atoms with E-state index in [2.05, 4.69) is 15.4 Å². The van der Waals surface area contributed by atoms with Gasteiger partial charge >= 0.3 is 5.97 Å². The van der Waals surface area contributed by atoms with Gasteiger partial charge in [0.2, 0.25) is 5.82 Å². The molecule has 1 aromatic carbocycles. The molecular weight excluding hydrogens is 315 g/mol. The molecule has 2 rings (SSSR count). The largest absolute Gasteiger partial charge is 0.481 e. The first-order chi connectivity index (χ1) is 11.4. The van der Waals surface area contributed by atoms with Gasteiger partial charge in [0.25, 0.3) is 5.91 Å². The highest BCUT2D eigenvalue weighted by Gasteiger charge is 2.20. The summed E-state index contributed by atoms with van der Waals surface area (Å²) in [6.07, 6.45) is 0.279. The number of hydrogen-bond donors (Lipinski definition) is 2. The molecule has 0 spiro atoms. The second-order valence-electron chi connectivity index (χ2n) is 5.56. The number of carbonyl (C=O) groups is 2. The number of halogens is 1. The van der Waals surface area contributed by atoms with Crippen LogP contribution in [-0.2, 0) is 4.79 Å². The summed E-state index contributed by atoms with van der Waals surface area (Å²) in [4.78, 5) is 26.8. The van der Waals surface area contributed by atoms with E-state index in [0.717, 1.165) is 0 Å². The molecule has 1 amide bonds. The minimum atomic E-state index is -0.923. The van der Waals surface area contributed by atoms with Crippen LogP contribution >= 0.6 is 0 Å². The van der Waals surface area contributed by atoms with Gasteiger partial charge in [-0.25, -0.2) is 14.1 Å². The summed E-state index contributed by atoms with van der Waals surface area (Å²) in [7, 11) is 0. The second-order valence-corrected chi connectivity index (χ2v) is 5.56. The van der Waals surface area contributed by atoms with Crippen LogP contribution in [-0.4, -0.2) is 38.3 Å². The standard InChI is InChI=1S/C16H19FN4O3/c1-10(2)15-19-14(16(24)18-9-5-8-13(22)23)20-21(15)12-7-4-3-6-11(12)17/h3-4,6-7,10H,5,8-9H2,1-2H3,(H,18,24)(H,22,23). The number of aromatic nitrogens is 3. The van der Waals surface area contributed by atoms with Crippen LogP contribution in [0.2, 0.25) is 0 Å². The van der Waals surface area contributed by atoms with Gasteiger partial charge < -0.3 is 10.4 Å². The molecule has 2 aromatic rings. The molecule has 0 radical (unpaired) electrons. The average Bonchev–Trinajstić information content (AvgIpc) is 2.97. The minimum absolute atomic E-state index is 0.0331. The van der Waals surface area contributed by atoms with E-state index >= 15 is 0 Å². The van der Waals surface area contributed by atoms with Crippen molar-refractivity contribution in [2.45, 2.75) is 32.6 Å². The van der Waals surface area contributed by atoms with Crippen molar-refractivity contribution in [2.75, 3.05) is 6.54 Å². The maximum atomic E-state index is 14.0. The van der Waals surface area contributed by atoms with E-state index in [1.54, 1.807) is 18.2 Å². The molecule has 1 heterocycles. The number of para-hydroxylation sites is 1. The summed E-state index contributed by atoms with van der Waals surface area (Å²) >= 11 is 0. The Morgan fingerprint density at radius 3 is 2.67 bits per heavy atom. The second kappa shape index (κ2) is 7.67. The maximum Gasteiger partial charge on any atom is 0.303 e. The fourth-order valence-corrected chi connectivity index (χ4v) is 2.12. The van der Waals surface area contributed by atoms with E-state index in [1.165, 1.54) is 10.7 Å². The van der Waals surface area contributed by atoms with E-state index in [0.29, 0.717) is 12.2 Å². The molecule has 0 aliphatic rings. The third-order valence-corrected chi connectivity index (χ3v) is 3.29. The SMILES string of the molecule is CC(C)c1nc(C(=O)NCCCC(=O)O)nn1-c1ccccc1F. The molecular formula is C16H19FN4O3. The Kier molecular flexibility index (Phi) is 5.62. The minimum Gasteiger partial charge on any atom is -0.481 e. The molecule has 0 aliphatic heterocycles. The van der Waals surface area contributed by atoms with Crippen LogP contribution in [0.15, 0.2) is 24.3 Å². The predicted molar refractivity (Wildman–Crippen MR) is 84.6 cm³/mol. The number of aliphatic carboxylic acids is 1. The zero-order valence-corrected chi connectivity index (χ0v) is 13.5. The Labute approximate surface area is 138 Å². The summed E-state index contributed by atoms with van der Waals surface area (Å²) in [5, 5.41) is 15.3. The van der Waals surface area contributed by atoms with E-state index < -0.39 is 17.7 Å². The van der Waals surface area contributed by atoms with Crippen LogP contribution in [0.25, 0.3) is 5.69 Å². The lowest BCUT2D eigenvalue weighted by Gasteiger charge is -2.08. The highest BCUT2D eigenvalue weighted by molar-refractivity contribution is 5.90. The van der Waals surface area contributed by atoms with Crippen molar-refractivity contribution in [3.63, 3.8) is 0 Å². The Morgan fingerprint density at radius 2 is 2.04 bits per heavy atom. The quantitative estimate of drug-likeness (QED) is 0.756. The Morgan fingerprint density at radius 1 is 1.33 bits per heavy atom. The third kappa shape index (κ3) is 4.15. The van der Waals surface area contributed by atoms with Crippen LogP contribution < -0.4 is 5.32 Å². The summed E-state index contributed by atoms with van der Waals surface area (Å²) in [6, 6.07) is 6.12. The van der Waals surface area contributed by atoms with Crippen molar-refractivity contribution in [3.8, 4) is 5.69 Å². The lowest BCUT2D eigenvalue weighted by molar-refractivity contribution is -0.137. The molecule has 1 aromatic heterocycles. The van der Waals surface area contributed by atoms with E-state index in [9.17, 15) is 14.0 Å². The number of hydrogen-bond acceptors (Lipinski definition) is 4. The van der Waals surface area contributed by atoms with E-state index in [4.69, 9.17) is 5.11 Å². The van der Waals surface area contributed by atoms with Crippen LogP contribution in [0.5, 0.6) is 0 Å². The molecule has 0 aliphatic carbocycles. The molecule has 2 N–H and O–H groups in total. The molecule has 24 heavy (non-hydrogen) atoms. The number of rotatable bonds is 7. The summed E-state index contributed by atoms with van der Waals surface area (Å²) in [5.41, 5.74) is 0.221. The van der Waals surface area contributed by atoms with Crippen molar-refractivity contribution in [1.82, 2.24) is 20.1 Å². The normalized spacial score (nSPS) is 10.8. The molecule has 128 valence electrons. The predicted octanol–water partition coefficient (Wildman–Crippen LogP) is 2.12. The van der Waals surface area contributed by atoms with Gasteiger partial charge in [0.1, 0.15) is 17.3 Å². The van der Waals surface area contributed by atoms with Gasteiger partial charge in [-0.05, 0) is 18.6 Å². The monoisotopic (exact) mass is 334 g/mol. The fraction of sp³-hybridized carbons (Fsp3) is 0.375. The van der Waals surface area contributed by atoms with Gasteiger partial charge in [0.05, 0.1) is 0 Å². The molecule has 0 saturated heterocycles. The Hall–Kier alpha value is -2.77. The molecule has 0 fully saturated rings. The number of benzene rings is 1. The van der Waals surface area contributed by atoms with Crippen molar-refractivity contribution in [3.05, 3.63) is 41.7 Å². The molecule has 0 bridgehead atoms. The number of carboxylic acid groups (broad SMARTS) is 1. The Balaban J connectivity index is 2.21.